The molecule has 128 valence electrons. The summed E-state index contributed by atoms with van der Waals surface area (Å²) in [5.41, 5.74) is 4.29. The van der Waals surface area contributed by atoms with Crippen LogP contribution < -0.4 is 10.6 Å². The standard InChI is InChI=1S/C18H23N3O3/c1-10-6-11(2)8-14(7-10)15(22)9-19-18(23)20-16-12(3)21-24-17(16)13-4-5-13/h6-8,13,15,22H,4-5,9H2,1-3H3,(H2,19,20,23)/t15-/m1/s1. The molecule has 3 N–H and O–H groups in total. The van der Waals surface area contributed by atoms with Gasteiger partial charge in [-0.1, -0.05) is 34.5 Å². The number of aromatic nitrogens is 1. The van der Waals surface area contributed by atoms with E-state index in [1.807, 2.05) is 32.0 Å². The van der Waals surface area contributed by atoms with Gasteiger partial charge in [-0.15, -0.1) is 0 Å². The molecule has 0 spiro atoms. The van der Waals surface area contributed by atoms with Crippen molar-refractivity contribution in [3.8, 4) is 0 Å². The van der Waals surface area contributed by atoms with Gasteiger partial charge in [-0.05, 0) is 39.2 Å². The van der Waals surface area contributed by atoms with E-state index in [0.29, 0.717) is 17.3 Å². The molecule has 1 aromatic heterocycles. The second-order valence-electron chi connectivity index (χ2n) is 6.55. The van der Waals surface area contributed by atoms with E-state index in [9.17, 15) is 9.90 Å². The third-order valence-corrected chi connectivity index (χ3v) is 4.16. The Hall–Kier alpha value is -2.34. The Morgan fingerprint density at radius 3 is 2.58 bits per heavy atom. The summed E-state index contributed by atoms with van der Waals surface area (Å²) in [5, 5.41) is 19.7. The highest BCUT2D eigenvalue weighted by molar-refractivity contribution is 5.90. The first kappa shape index (κ1) is 16.5. The number of nitrogens with one attached hydrogen (secondary N) is 2. The van der Waals surface area contributed by atoms with Crippen LogP contribution in [-0.4, -0.2) is 22.8 Å². The van der Waals surface area contributed by atoms with E-state index < -0.39 is 6.10 Å². The Morgan fingerprint density at radius 2 is 1.96 bits per heavy atom. The number of aryl methyl sites for hydroxylation is 3. The lowest BCUT2D eigenvalue weighted by Gasteiger charge is -2.14. The molecule has 0 bridgehead atoms. The average Bonchev–Trinajstić information content (AvgIpc) is 3.30. The Kier molecular flexibility index (Phi) is 4.57. The SMILES string of the molecule is Cc1cc(C)cc([C@H](O)CNC(=O)Nc2c(C)noc2C2CC2)c1. The summed E-state index contributed by atoms with van der Waals surface area (Å²) in [6, 6.07) is 5.52. The van der Waals surface area contributed by atoms with E-state index in [0.717, 1.165) is 35.3 Å². The highest BCUT2D eigenvalue weighted by Crippen LogP contribution is 2.44. The predicted molar refractivity (Wildman–Crippen MR) is 91.1 cm³/mol. The van der Waals surface area contributed by atoms with E-state index in [4.69, 9.17) is 4.52 Å². The summed E-state index contributed by atoms with van der Waals surface area (Å²) < 4.78 is 5.30. The van der Waals surface area contributed by atoms with Crippen molar-refractivity contribution in [1.82, 2.24) is 10.5 Å². The molecule has 1 aliphatic carbocycles. The summed E-state index contributed by atoms with van der Waals surface area (Å²) in [4.78, 5) is 12.1. The topological polar surface area (TPSA) is 87.4 Å². The summed E-state index contributed by atoms with van der Waals surface area (Å²) in [5.74, 6) is 1.11. The molecule has 6 heteroatoms. The molecule has 3 rings (SSSR count). The van der Waals surface area contributed by atoms with Crippen LogP contribution in [0.3, 0.4) is 0 Å². The minimum absolute atomic E-state index is 0.137. The smallest absolute Gasteiger partial charge is 0.319 e. The molecule has 2 aromatic rings. The van der Waals surface area contributed by atoms with Gasteiger partial charge in [0, 0.05) is 12.5 Å². The van der Waals surface area contributed by atoms with E-state index >= 15 is 0 Å². The zero-order valence-corrected chi connectivity index (χ0v) is 14.2. The molecule has 2 amide bonds. The number of nitrogens with zero attached hydrogens (tertiary/aromatic N) is 1. The van der Waals surface area contributed by atoms with Crippen LogP contribution in [0.1, 0.15) is 53.0 Å². The van der Waals surface area contributed by atoms with Crippen molar-refractivity contribution in [2.45, 2.75) is 45.6 Å². The van der Waals surface area contributed by atoms with E-state index in [1.165, 1.54) is 0 Å². The number of carbonyl (C=O) groups excluding carboxylic acids is 1. The second-order valence-corrected chi connectivity index (χ2v) is 6.55. The normalized spacial score (nSPS) is 15.2. The molecule has 0 aliphatic heterocycles. The van der Waals surface area contributed by atoms with E-state index in [-0.39, 0.29) is 12.6 Å². The van der Waals surface area contributed by atoms with Crippen LogP contribution in [0.5, 0.6) is 0 Å². The van der Waals surface area contributed by atoms with E-state index in [1.54, 1.807) is 6.92 Å². The molecule has 1 atom stereocenters. The molecule has 0 saturated heterocycles. The third kappa shape index (κ3) is 3.76. The molecule has 1 heterocycles. The molecule has 0 radical (unpaired) electrons. The lowest BCUT2D eigenvalue weighted by molar-refractivity contribution is 0.175. The van der Waals surface area contributed by atoms with Crippen molar-refractivity contribution < 1.29 is 14.4 Å². The highest BCUT2D eigenvalue weighted by atomic mass is 16.5. The second kappa shape index (κ2) is 6.65. The summed E-state index contributed by atoms with van der Waals surface area (Å²) in [6.07, 6.45) is 1.38. The Morgan fingerprint density at radius 1 is 1.29 bits per heavy atom. The highest BCUT2D eigenvalue weighted by Gasteiger charge is 2.32. The van der Waals surface area contributed by atoms with Crippen LogP contribution in [0.2, 0.25) is 0 Å². The molecule has 24 heavy (non-hydrogen) atoms. The van der Waals surface area contributed by atoms with Gasteiger partial charge in [0.15, 0.2) is 5.76 Å². The van der Waals surface area contributed by atoms with Crippen molar-refractivity contribution in [3.05, 3.63) is 46.3 Å². The maximum absolute atomic E-state index is 12.1. The number of rotatable bonds is 5. The lowest BCUT2D eigenvalue weighted by atomic mass is 10.0. The summed E-state index contributed by atoms with van der Waals surface area (Å²) >= 11 is 0. The number of hydrogen-bond donors (Lipinski definition) is 3. The molecule has 1 fully saturated rings. The van der Waals surface area contributed by atoms with Gasteiger partial charge in [-0.3, -0.25) is 0 Å². The van der Waals surface area contributed by atoms with Crippen molar-refractivity contribution in [2.24, 2.45) is 0 Å². The molecule has 0 unspecified atom stereocenters. The summed E-state index contributed by atoms with van der Waals surface area (Å²) in [7, 11) is 0. The molecular formula is C18H23N3O3. The quantitative estimate of drug-likeness (QED) is 0.785. The van der Waals surface area contributed by atoms with Crippen molar-refractivity contribution >= 4 is 11.7 Å². The number of aliphatic hydroxyl groups is 1. The van der Waals surface area contributed by atoms with Crippen molar-refractivity contribution in [1.29, 1.82) is 0 Å². The maximum atomic E-state index is 12.1. The Bertz CT molecular complexity index is 730. The first-order valence-electron chi connectivity index (χ1n) is 8.21. The molecule has 6 nitrogen and oxygen atoms in total. The van der Waals surface area contributed by atoms with Crippen LogP contribution in [-0.2, 0) is 0 Å². The summed E-state index contributed by atoms with van der Waals surface area (Å²) in [6.45, 7) is 5.90. The fraction of sp³-hybridized carbons (Fsp3) is 0.444. The number of benzene rings is 1. The fourth-order valence-corrected chi connectivity index (χ4v) is 2.83. The predicted octanol–water partition coefficient (Wildman–Crippen LogP) is 3.33. The number of anilines is 1. The van der Waals surface area contributed by atoms with Crippen LogP contribution in [0.15, 0.2) is 22.7 Å². The van der Waals surface area contributed by atoms with Crippen LogP contribution in [0, 0.1) is 20.8 Å². The maximum Gasteiger partial charge on any atom is 0.319 e. The van der Waals surface area contributed by atoms with Gasteiger partial charge in [0.05, 0.1) is 6.10 Å². The lowest BCUT2D eigenvalue weighted by Crippen LogP contribution is -2.32. The zero-order valence-electron chi connectivity index (χ0n) is 14.2. The number of carbonyl (C=O) groups is 1. The van der Waals surface area contributed by atoms with Gasteiger partial charge >= 0.3 is 6.03 Å². The Balaban J connectivity index is 1.58. The van der Waals surface area contributed by atoms with Crippen LogP contribution in [0.4, 0.5) is 10.5 Å². The minimum Gasteiger partial charge on any atom is -0.387 e. The number of amides is 2. The van der Waals surface area contributed by atoms with Crippen molar-refractivity contribution in [2.75, 3.05) is 11.9 Å². The number of urea groups is 1. The molecular weight excluding hydrogens is 306 g/mol. The van der Waals surface area contributed by atoms with Crippen LogP contribution >= 0.6 is 0 Å². The molecule has 1 aromatic carbocycles. The third-order valence-electron chi connectivity index (χ3n) is 4.16. The molecule has 1 aliphatic rings. The van der Waals surface area contributed by atoms with Gasteiger partial charge in [0.1, 0.15) is 11.4 Å². The van der Waals surface area contributed by atoms with E-state index in [2.05, 4.69) is 15.8 Å². The average molecular weight is 329 g/mol. The van der Waals surface area contributed by atoms with Gasteiger partial charge in [0.2, 0.25) is 0 Å². The van der Waals surface area contributed by atoms with Gasteiger partial charge in [-0.2, -0.15) is 0 Å². The van der Waals surface area contributed by atoms with Gasteiger partial charge in [-0.25, -0.2) is 4.79 Å². The van der Waals surface area contributed by atoms with Gasteiger partial charge in [0.25, 0.3) is 0 Å². The first-order valence-corrected chi connectivity index (χ1v) is 8.21. The fourth-order valence-electron chi connectivity index (χ4n) is 2.83. The van der Waals surface area contributed by atoms with Crippen molar-refractivity contribution in [3.63, 3.8) is 0 Å². The largest absolute Gasteiger partial charge is 0.387 e. The zero-order chi connectivity index (χ0) is 17.3. The Labute approximate surface area is 141 Å². The monoisotopic (exact) mass is 329 g/mol. The number of aliphatic hydroxyl groups excluding tert-OH is 1. The van der Waals surface area contributed by atoms with Gasteiger partial charge < -0.3 is 20.3 Å². The van der Waals surface area contributed by atoms with Crippen LogP contribution in [0.25, 0.3) is 0 Å². The number of hydrogen-bond acceptors (Lipinski definition) is 4. The first-order chi connectivity index (χ1) is 11.4. The minimum atomic E-state index is -0.749. The molecule has 1 saturated carbocycles.